The minimum absolute atomic E-state index is 0.182. The molecule has 0 spiro atoms. The molecule has 1 aromatic carbocycles. The zero-order chi connectivity index (χ0) is 19.1. The molecule has 2 unspecified atom stereocenters. The van der Waals surface area contributed by atoms with E-state index in [1.165, 1.54) is 0 Å². The van der Waals surface area contributed by atoms with Crippen molar-refractivity contribution >= 4 is 6.09 Å². The molecular formula is C19H26N4O4. The number of hydrogen-bond acceptors (Lipinski definition) is 6. The summed E-state index contributed by atoms with van der Waals surface area (Å²) in [5.74, 6) is 0.790. The van der Waals surface area contributed by atoms with E-state index in [1.807, 2.05) is 12.1 Å². The Bertz CT molecular complexity index is 647. The van der Waals surface area contributed by atoms with Crippen LogP contribution in [0.15, 0.2) is 24.3 Å². The minimum Gasteiger partial charge on any atom is -0.494 e. The monoisotopic (exact) mass is 374 g/mol. The highest BCUT2D eigenvalue weighted by Crippen LogP contribution is 2.19. The number of fused-ring (bicyclic) bond motifs is 2. The van der Waals surface area contributed by atoms with Gasteiger partial charge in [0.2, 0.25) is 0 Å². The summed E-state index contributed by atoms with van der Waals surface area (Å²) in [4.78, 5) is 15.2. The molecule has 2 aliphatic rings. The lowest BCUT2D eigenvalue weighted by Crippen LogP contribution is -2.60. The number of ether oxygens (including phenoxy) is 2. The first kappa shape index (κ1) is 19.4. The minimum atomic E-state index is -0.974. The third-order valence-corrected chi connectivity index (χ3v) is 4.81. The number of hydrogen-bond donors (Lipinski definition) is 2. The van der Waals surface area contributed by atoms with Gasteiger partial charge in [-0.05, 0) is 30.7 Å². The normalized spacial score (nSPS) is 22.8. The Kier molecular flexibility index (Phi) is 6.87. The molecule has 0 saturated carbocycles. The van der Waals surface area contributed by atoms with Crippen molar-refractivity contribution in [2.24, 2.45) is 0 Å². The third-order valence-electron chi connectivity index (χ3n) is 4.81. The maximum absolute atomic E-state index is 10.5. The van der Waals surface area contributed by atoms with Crippen LogP contribution in [-0.4, -0.2) is 85.6 Å². The first-order chi connectivity index (χ1) is 13.1. The van der Waals surface area contributed by atoms with Crippen LogP contribution >= 0.6 is 0 Å². The van der Waals surface area contributed by atoms with E-state index < -0.39 is 6.09 Å². The number of nitrogens with zero attached hydrogens (tertiary/aromatic N) is 3. The van der Waals surface area contributed by atoms with Gasteiger partial charge in [-0.1, -0.05) is 0 Å². The molecule has 1 amide bonds. The number of rotatable bonds is 8. The van der Waals surface area contributed by atoms with Crippen LogP contribution in [0.2, 0.25) is 0 Å². The van der Waals surface area contributed by atoms with Gasteiger partial charge >= 0.3 is 6.09 Å². The first-order valence-corrected chi connectivity index (χ1v) is 9.32. The Hall–Kier alpha value is -2.34. The van der Waals surface area contributed by atoms with E-state index in [2.05, 4.69) is 21.2 Å². The highest BCUT2D eigenvalue weighted by Gasteiger charge is 2.34. The highest BCUT2D eigenvalue weighted by atomic mass is 16.5. The molecule has 2 N–H and O–H groups in total. The smallest absolute Gasteiger partial charge is 0.404 e. The molecule has 2 saturated heterocycles. The summed E-state index contributed by atoms with van der Waals surface area (Å²) >= 11 is 0. The summed E-state index contributed by atoms with van der Waals surface area (Å²) in [5.41, 5.74) is 0.634. The zero-order valence-corrected chi connectivity index (χ0v) is 15.3. The number of carbonyl (C=O) groups is 1. The van der Waals surface area contributed by atoms with Crippen molar-refractivity contribution in [1.29, 1.82) is 5.26 Å². The van der Waals surface area contributed by atoms with Crippen LogP contribution in [0.1, 0.15) is 12.0 Å². The first-order valence-electron chi connectivity index (χ1n) is 9.32. The SMILES string of the molecule is N#Cc1ccc(OCCCN2CC3CN(CCNC(=O)O)CC(C2)O3)cc1. The molecule has 0 aromatic heterocycles. The summed E-state index contributed by atoms with van der Waals surface area (Å²) < 4.78 is 11.8. The molecular weight excluding hydrogens is 348 g/mol. The molecule has 2 heterocycles. The molecule has 8 heteroatoms. The largest absolute Gasteiger partial charge is 0.494 e. The molecule has 2 aliphatic heterocycles. The third kappa shape index (κ3) is 6.10. The Balaban J connectivity index is 1.33. The standard InChI is InChI=1S/C19H26N4O4/c20-10-15-2-4-16(5-3-15)26-9-1-7-22-11-17-13-23(8-6-21-19(24)25)14-18(12-22)27-17/h2-5,17-18,21H,1,6-9,11-14H2,(H,24,25). The number of benzene rings is 1. The molecule has 2 bridgehead atoms. The average molecular weight is 374 g/mol. The van der Waals surface area contributed by atoms with Crippen LogP contribution < -0.4 is 10.1 Å². The van der Waals surface area contributed by atoms with Crippen molar-refractivity contribution in [3.8, 4) is 11.8 Å². The van der Waals surface area contributed by atoms with Gasteiger partial charge < -0.3 is 19.9 Å². The number of nitrogens with one attached hydrogen (secondary N) is 1. The van der Waals surface area contributed by atoms with Gasteiger partial charge in [-0.25, -0.2) is 4.79 Å². The van der Waals surface area contributed by atoms with Crippen molar-refractivity contribution in [3.63, 3.8) is 0 Å². The van der Waals surface area contributed by atoms with Gasteiger partial charge in [0.15, 0.2) is 0 Å². The molecule has 8 nitrogen and oxygen atoms in total. The highest BCUT2D eigenvalue weighted by molar-refractivity contribution is 5.64. The summed E-state index contributed by atoms with van der Waals surface area (Å²) in [6.45, 7) is 6.27. The van der Waals surface area contributed by atoms with Crippen molar-refractivity contribution in [3.05, 3.63) is 29.8 Å². The second-order valence-electron chi connectivity index (χ2n) is 6.97. The predicted molar refractivity (Wildman–Crippen MR) is 98.8 cm³/mol. The number of amides is 1. The van der Waals surface area contributed by atoms with Gasteiger partial charge in [0, 0.05) is 45.8 Å². The van der Waals surface area contributed by atoms with Crippen LogP contribution in [0, 0.1) is 11.3 Å². The molecule has 27 heavy (non-hydrogen) atoms. The summed E-state index contributed by atoms with van der Waals surface area (Å²) in [6.07, 6.45) is 0.326. The van der Waals surface area contributed by atoms with Crippen LogP contribution in [0.5, 0.6) is 5.75 Å². The van der Waals surface area contributed by atoms with Gasteiger partial charge in [-0.2, -0.15) is 5.26 Å². The fourth-order valence-electron chi connectivity index (χ4n) is 3.65. The van der Waals surface area contributed by atoms with E-state index in [-0.39, 0.29) is 12.2 Å². The Labute approximate surface area is 159 Å². The topological polar surface area (TPSA) is 98.1 Å². The average Bonchev–Trinajstić information content (AvgIpc) is 2.65. The van der Waals surface area contributed by atoms with Crippen molar-refractivity contribution in [1.82, 2.24) is 15.1 Å². The number of carboxylic acid groups (broad SMARTS) is 1. The molecule has 2 fully saturated rings. The van der Waals surface area contributed by atoms with Gasteiger partial charge in [0.05, 0.1) is 30.4 Å². The predicted octanol–water partition coefficient (Wildman–Crippen LogP) is 0.980. The lowest BCUT2D eigenvalue weighted by molar-refractivity contribution is -0.138. The van der Waals surface area contributed by atoms with Crippen LogP contribution in [0.3, 0.4) is 0 Å². The van der Waals surface area contributed by atoms with Gasteiger partial charge in [-0.15, -0.1) is 0 Å². The summed E-state index contributed by atoms with van der Waals surface area (Å²) in [5, 5.41) is 19.9. The van der Waals surface area contributed by atoms with Crippen LogP contribution in [-0.2, 0) is 4.74 Å². The van der Waals surface area contributed by atoms with Gasteiger partial charge in [-0.3, -0.25) is 9.80 Å². The lowest BCUT2D eigenvalue weighted by atomic mass is 10.1. The summed E-state index contributed by atoms with van der Waals surface area (Å²) in [7, 11) is 0. The molecule has 1 aromatic rings. The van der Waals surface area contributed by atoms with Gasteiger partial charge in [0.25, 0.3) is 0 Å². The molecule has 146 valence electrons. The molecule has 0 aliphatic carbocycles. The van der Waals surface area contributed by atoms with E-state index in [0.717, 1.165) is 51.4 Å². The van der Waals surface area contributed by atoms with E-state index in [4.69, 9.17) is 19.8 Å². The summed E-state index contributed by atoms with van der Waals surface area (Å²) in [6, 6.07) is 9.27. The Morgan fingerprint density at radius 2 is 1.81 bits per heavy atom. The maximum Gasteiger partial charge on any atom is 0.404 e. The molecule has 3 rings (SSSR count). The fourth-order valence-corrected chi connectivity index (χ4v) is 3.65. The van der Waals surface area contributed by atoms with Crippen LogP contribution in [0.25, 0.3) is 0 Å². The van der Waals surface area contributed by atoms with Crippen LogP contribution in [0.4, 0.5) is 4.79 Å². The maximum atomic E-state index is 10.5. The quantitative estimate of drug-likeness (QED) is 0.655. The second-order valence-corrected chi connectivity index (χ2v) is 6.97. The lowest BCUT2D eigenvalue weighted by Gasteiger charge is -2.45. The zero-order valence-electron chi connectivity index (χ0n) is 15.3. The molecule has 2 atom stereocenters. The van der Waals surface area contributed by atoms with Crippen molar-refractivity contribution in [2.45, 2.75) is 18.6 Å². The van der Waals surface area contributed by atoms with Gasteiger partial charge in [0.1, 0.15) is 5.75 Å². The Morgan fingerprint density at radius 3 is 2.41 bits per heavy atom. The van der Waals surface area contributed by atoms with Crippen molar-refractivity contribution < 1.29 is 19.4 Å². The molecule has 0 radical (unpaired) electrons. The van der Waals surface area contributed by atoms with E-state index >= 15 is 0 Å². The van der Waals surface area contributed by atoms with E-state index in [9.17, 15) is 4.79 Å². The fraction of sp³-hybridized carbons (Fsp3) is 0.579. The van der Waals surface area contributed by atoms with Crippen molar-refractivity contribution in [2.75, 3.05) is 52.4 Å². The number of nitriles is 1. The number of morpholine rings is 2. The van der Waals surface area contributed by atoms with E-state index in [1.54, 1.807) is 12.1 Å². The van der Waals surface area contributed by atoms with E-state index in [0.29, 0.717) is 18.7 Å². The Morgan fingerprint density at radius 1 is 1.19 bits per heavy atom. The second kappa shape index (κ2) is 9.55.